The second kappa shape index (κ2) is 7.61. The summed E-state index contributed by atoms with van der Waals surface area (Å²) < 4.78 is 7.04. The first-order chi connectivity index (χ1) is 11.6. The van der Waals surface area contributed by atoms with E-state index in [0.29, 0.717) is 17.0 Å². The molecule has 0 radical (unpaired) electrons. The standard InChI is InChI=1S/C17H15N5O2/c1-12-14(7-15(9-19)22(12)2)10-20-21-17(23)11-24-16-6-4-3-5-13(16)8-18/h3-7,10H,11H2,1-2H3,(H,21,23)/b20-10-. The van der Waals surface area contributed by atoms with Crippen LogP contribution in [0, 0.1) is 29.6 Å². The minimum Gasteiger partial charge on any atom is -0.482 e. The molecule has 0 bridgehead atoms. The Bertz CT molecular complexity index is 868. The lowest BCUT2D eigenvalue weighted by atomic mass is 10.2. The molecular weight excluding hydrogens is 306 g/mol. The number of carbonyl (C=O) groups is 1. The lowest BCUT2D eigenvalue weighted by Crippen LogP contribution is -2.24. The minimum absolute atomic E-state index is 0.257. The number of ether oxygens (including phenoxy) is 1. The summed E-state index contributed by atoms with van der Waals surface area (Å²) in [7, 11) is 1.78. The average Bonchev–Trinajstić information content (AvgIpc) is 2.88. The van der Waals surface area contributed by atoms with Crippen molar-refractivity contribution in [3.63, 3.8) is 0 Å². The summed E-state index contributed by atoms with van der Waals surface area (Å²) in [6.45, 7) is 1.60. The topological polar surface area (TPSA) is 103 Å². The van der Waals surface area contributed by atoms with Crippen molar-refractivity contribution in [3.8, 4) is 17.9 Å². The van der Waals surface area contributed by atoms with Gasteiger partial charge in [-0.1, -0.05) is 12.1 Å². The van der Waals surface area contributed by atoms with Crippen LogP contribution in [0.4, 0.5) is 0 Å². The predicted molar refractivity (Wildman–Crippen MR) is 87.3 cm³/mol. The maximum Gasteiger partial charge on any atom is 0.277 e. The quantitative estimate of drug-likeness (QED) is 0.667. The Labute approximate surface area is 139 Å². The fourth-order valence-electron chi connectivity index (χ4n) is 2.00. The van der Waals surface area contributed by atoms with Gasteiger partial charge >= 0.3 is 0 Å². The number of hydrogen-bond donors (Lipinski definition) is 1. The zero-order valence-corrected chi connectivity index (χ0v) is 13.3. The van der Waals surface area contributed by atoms with Crippen molar-refractivity contribution in [3.05, 3.63) is 52.8 Å². The maximum atomic E-state index is 11.7. The molecule has 1 amide bonds. The molecule has 1 N–H and O–H groups in total. The van der Waals surface area contributed by atoms with Gasteiger partial charge in [0.25, 0.3) is 5.91 Å². The molecule has 0 aliphatic heterocycles. The Kier molecular flexibility index (Phi) is 5.32. The number of nitrogens with one attached hydrogen (secondary N) is 1. The van der Waals surface area contributed by atoms with Gasteiger partial charge in [-0.25, -0.2) is 5.43 Å². The molecule has 0 atom stereocenters. The lowest BCUT2D eigenvalue weighted by Gasteiger charge is -2.06. The van der Waals surface area contributed by atoms with Gasteiger partial charge in [0.1, 0.15) is 23.6 Å². The minimum atomic E-state index is -0.451. The van der Waals surface area contributed by atoms with Crippen LogP contribution >= 0.6 is 0 Å². The molecule has 0 aliphatic carbocycles. The van der Waals surface area contributed by atoms with E-state index in [1.807, 2.05) is 13.0 Å². The zero-order valence-electron chi connectivity index (χ0n) is 13.3. The molecule has 120 valence electrons. The smallest absolute Gasteiger partial charge is 0.277 e. The van der Waals surface area contributed by atoms with Crippen LogP contribution in [0.25, 0.3) is 0 Å². The molecule has 1 aromatic carbocycles. The Hall–Kier alpha value is -3.58. The van der Waals surface area contributed by atoms with Gasteiger partial charge in [0, 0.05) is 18.3 Å². The van der Waals surface area contributed by atoms with Crippen LogP contribution in [0.2, 0.25) is 0 Å². The second-order valence-corrected chi connectivity index (χ2v) is 4.93. The summed E-state index contributed by atoms with van der Waals surface area (Å²) in [6, 6.07) is 12.4. The van der Waals surface area contributed by atoms with E-state index in [0.717, 1.165) is 11.3 Å². The molecular formula is C17H15N5O2. The van der Waals surface area contributed by atoms with Crippen molar-refractivity contribution in [1.82, 2.24) is 9.99 Å². The van der Waals surface area contributed by atoms with Gasteiger partial charge in [0.2, 0.25) is 0 Å². The molecule has 2 aromatic rings. The second-order valence-electron chi connectivity index (χ2n) is 4.93. The third-order valence-corrected chi connectivity index (χ3v) is 3.45. The molecule has 0 unspecified atom stereocenters. The monoisotopic (exact) mass is 321 g/mol. The largest absolute Gasteiger partial charge is 0.482 e. The summed E-state index contributed by atoms with van der Waals surface area (Å²) in [5.74, 6) is -0.107. The van der Waals surface area contributed by atoms with Gasteiger partial charge in [0.05, 0.1) is 11.8 Å². The molecule has 1 aromatic heterocycles. The van der Waals surface area contributed by atoms with Gasteiger partial charge in [0.15, 0.2) is 6.61 Å². The fourth-order valence-corrected chi connectivity index (χ4v) is 2.00. The van der Waals surface area contributed by atoms with Crippen LogP contribution in [-0.2, 0) is 11.8 Å². The number of carbonyl (C=O) groups excluding carboxylic acids is 1. The van der Waals surface area contributed by atoms with Crippen LogP contribution in [0.1, 0.15) is 22.5 Å². The summed E-state index contributed by atoms with van der Waals surface area (Å²) in [5, 5.41) is 21.8. The number of nitrogens with zero attached hydrogens (tertiary/aromatic N) is 4. The molecule has 7 nitrogen and oxygen atoms in total. The number of nitriles is 2. The van der Waals surface area contributed by atoms with Crippen LogP contribution in [0.15, 0.2) is 35.4 Å². The zero-order chi connectivity index (χ0) is 17.5. The van der Waals surface area contributed by atoms with E-state index in [1.165, 1.54) is 6.21 Å². The molecule has 2 rings (SSSR count). The highest BCUT2D eigenvalue weighted by molar-refractivity contribution is 5.84. The number of hydrogen-bond acceptors (Lipinski definition) is 5. The Balaban J connectivity index is 1.92. The van der Waals surface area contributed by atoms with Gasteiger partial charge in [-0.15, -0.1) is 0 Å². The summed E-state index contributed by atoms with van der Waals surface area (Å²) in [5.41, 5.74) is 4.82. The number of aromatic nitrogens is 1. The van der Waals surface area contributed by atoms with Crippen LogP contribution in [-0.4, -0.2) is 23.3 Å². The SMILES string of the molecule is Cc1c(/C=N\NC(=O)COc2ccccc2C#N)cc(C#N)n1C. The molecule has 0 saturated carbocycles. The third-order valence-electron chi connectivity index (χ3n) is 3.45. The summed E-state index contributed by atoms with van der Waals surface area (Å²) in [4.78, 5) is 11.7. The number of para-hydroxylation sites is 1. The summed E-state index contributed by atoms with van der Waals surface area (Å²) >= 11 is 0. The molecule has 0 saturated heterocycles. The van der Waals surface area contributed by atoms with Crippen molar-refractivity contribution in [2.45, 2.75) is 6.92 Å². The Morgan fingerprint density at radius 1 is 1.38 bits per heavy atom. The van der Waals surface area contributed by atoms with Crippen molar-refractivity contribution >= 4 is 12.1 Å². The van der Waals surface area contributed by atoms with Gasteiger partial charge in [-0.2, -0.15) is 15.6 Å². The molecule has 24 heavy (non-hydrogen) atoms. The molecule has 0 aliphatic rings. The first-order valence-corrected chi connectivity index (χ1v) is 7.07. The number of hydrazone groups is 1. The van der Waals surface area contributed by atoms with Crippen molar-refractivity contribution in [2.24, 2.45) is 12.1 Å². The lowest BCUT2D eigenvalue weighted by molar-refractivity contribution is -0.123. The highest BCUT2D eigenvalue weighted by Crippen LogP contribution is 2.16. The third kappa shape index (κ3) is 3.79. The van der Waals surface area contributed by atoms with E-state index < -0.39 is 5.91 Å². The first kappa shape index (κ1) is 16.8. The first-order valence-electron chi connectivity index (χ1n) is 7.07. The van der Waals surface area contributed by atoms with Crippen LogP contribution in [0.3, 0.4) is 0 Å². The maximum absolute atomic E-state index is 11.7. The number of amides is 1. The molecule has 7 heteroatoms. The van der Waals surface area contributed by atoms with E-state index in [-0.39, 0.29) is 6.61 Å². The molecule has 0 spiro atoms. The normalized spacial score (nSPS) is 10.2. The van der Waals surface area contributed by atoms with E-state index in [2.05, 4.69) is 16.6 Å². The highest BCUT2D eigenvalue weighted by Gasteiger charge is 2.07. The van der Waals surface area contributed by atoms with E-state index >= 15 is 0 Å². The van der Waals surface area contributed by atoms with Crippen molar-refractivity contribution in [1.29, 1.82) is 10.5 Å². The average molecular weight is 321 g/mol. The van der Waals surface area contributed by atoms with Crippen molar-refractivity contribution in [2.75, 3.05) is 6.61 Å². The number of benzene rings is 1. The van der Waals surface area contributed by atoms with Crippen LogP contribution < -0.4 is 10.2 Å². The van der Waals surface area contributed by atoms with E-state index in [4.69, 9.17) is 15.3 Å². The van der Waals surface area contributed by atoms with Gasteiger partial charge in [-0.05, 0) is 25.1 Å². The van der Waals surface area contributed by atoms with E-state index in [9.17, 15) is 4.79 Å². The number of rotatable bonds is 5. The van der Waals surface area contributed by atoms with Crippen molar-refractivity contribution < 1.29 is 9.53 Å². The highest BCUT2D eigenvalue weighted by atomic mass is 16.5. The fraction of sp³-hybridized carbons (Fsp3) is 0.176. The Morgan fingerprint density at radius 2 is 2.12 bits per heavy atom. The molecule has 1 heterocycles. The molecule has 0 fully saturated rings. The van der Waals surface area contributed by atoms with Gasteiger partial charge < -0.3 is 9.30 Å². The Morgan fingerprint density at radius 3 is 2.79 bits per heavy atom. The van der Waals surface area contributed by atoms with Crippen LogP contribution in [0.5, 0.6) is 5.75 Å². The summed E-state index contributed by atoms with van der Waals surface area (Å²) in [6.07, 6.45) is 1.47. The predicted octanol–water partition coefficient (Wildman–Crippen LogP) is 1.61. The van der Waals surface area contributed by atoms with E-state index in [1.54, 1.807) is 41.9 Å². The van der Waals surface area contributed by atoms with Gasteiger partial charge in [-0.3, -0.25) is 4.79 Å².